The first kappa shape index (κ1) is 12.9. The maximum Gasteiger partial charge on any atom is 1.00 e. The number of benzene rings is 1. The summed E-state index contributed by atoms with van der Waals surface area (Å²) in [4.78, 5) is 4.37. The Balaban J connectivity index is 0.00000128. The number of hydrogen-bond acceptors (Lipinski definition) is 3. The minimum absolute atomic E-state index is 0. The van der Waals surface area contributed by atoms with Gasteiger partial charge in [0.1, 0.15) is 0 Å². The number of hydrogen-bond donors (Lipinski definition) is 0. The Morgan fingerprint density at radius 3 is 1.94 bits per heavy atom. The first-order valence-electron chi connectivity index (χ1n) is 4.59. The molecule has 0 spiro atoms. The molecular weight excluding hydrogens is 211 g/mol. The molecule has 3 nitrogen and oxygen atoms in total. The third-order valence-corrected chi connectivity index (χ3v) is 1.97. The van der Waals surface area contributed by atoms with Crippen molar-refractivity contribution in [2.24, 2.45) is 10.1 Å². The van der Waals surface area contributed by atoms with E-state index in [-0.39, 0.29) is 29.6 Å². The van der Waals surface area contributed by atoms with E-state index in [0.29, 0.717) is 5.71 Å². The topological polar surface area (TPSA) is 47.8 Å². The van der Waals surface area contributed by atoms with Gasteiger partial charge in [0.2, 0.25) is 0 Å². The molecule has 0 aliphatic heterocycles. The molecule has 0 saturated carbocycles. The van der Waals surface area contributed by atoms with Gasteiger partial charge in [-0.1, -0.05) is 18.2 Å². The first-order chi connectivity index (χ1) is 7.38. The van der Waals surface area contributed by atoms with Crippen LogP contribution in [0, 0.1) is 5.21 Å². The molecule has 0 unspecified atom stereocenters. The van der Waals surface area contributed by atoms with E-state index in [2.05, 4.69) is 10.1 Å². The number of rotatable bonds is 1. The maximum atomic E-state index is 10.2. The molecule has 0 saturated heterocycles. The molecule has 1 aromatic carbocycles. The van der Waals surface area contributed by atoms with Crippen molar-refractivity contribution in [3.05, 3.63) is 59.8 Å². The SMILES string of the molecule is [Na+].[O-]N=C1C=CC(=Nc2ccccc2)C=C1. The molecule has 0 atom stereocenters. The Bertz CT molecular complexity index is 443. The van der Waals surface area contributed by atoms with Crippen molar-refractivity contribution in [3.8, 4) is 0 Å². The maximum absolute atomic E-state index is 10.2. The molecule has 0 heterocycles. The zero-order valence-electron chi connectivity index (χ0n) is 9.00. The second-order valence-corrected chi connectivity index (χ2v) is 3.06. The van der Waals surface area contributed by atoms with E-state index in [1.807, 2.05) is 30.3 Å². The third-order valence-electron chi connectivity index (χ3n) is 1.97. The Morgan fingerprint density at radius 2 is 1.38 bits per heavy atom. The van der Waals surface area contributed by atoms with E-state index in [9.17, 15) is 5.21 Å². The minimum Gasteiger partial charge on any atom is -0.792 e. The normalized spacial score (nSPS) is 13.2. The summed E-state index contributed by atoms with van der Waals surface area (Å²) >= 11 is 0. The fourth-order valence-corrected chi connectivity index (χ4v) is 1.24. The van der Waals surface area contributed by atoms with Crippen molar-refractivity contribution in [2.75, 3.05) is 0 Å². The van der Waals surface area contributed by atoms with Gasteiger partial charge in [-0.15, -0.1) is 0 Å². The molecule has 0 radical (unpaired) electrons. The molecule has 0 aromatic heterocycles. The summed E-state index contributed by atoms with van der Waals surface area (Å²) in [5.74, 6) is 0. The zero-order chi connectivity index (χ0) is 10.5. The quantitative estimate of drug-likeness (QED) is 0.368. The molecule has 16 heavy (non-hydrogen) atoms. The zero-order valence-corrected chi connectivity index (χ0v) is 11.0. The van der Waals surface area contributed by atoms with Crippen molar-refractivity contribution in [3.63, 3.8) is 0 Å². The molecule has 0 bridgehead atoms. The van der Waals surface area contributed by atoms with Gasteiger partial charge in [0.05, 0.1) is 17.1 Å². The summed E-state index contributed by atoms with van der Waals surface area (Å²) in [5, 5.41) is 13.0. The summed E-state index contributed by atoms with van der Waals surface area (Å²) in [5.41, 5.74) is 2.12. The van der Waals surface area contributed by atoms with Crippen molar-refractivity contribution in [1.29, 1.82) is 0 Å². The van der Waals surface area contributed by atoms with E-state index in [1.165, 1.54) is 0 Å². The van der Waals surface area contributed by atoms with Gasteiger partial charge in [-0.25, -0.2) is 4.99 Å². The fourth-order valence-electron chi connectivity index (χ4n) is 1.24. The molecular formula is C12H9N2NaO. The Morgan fingerprint density at radius 1 is 0.812 bits per heavy atom. The van der Waals surface area contributed by atoms with Crippen LogP contribution in [0.1, 0.15) is 0 Å². The number of aliphatic imine (C=N–C) groups is 1. The van der Waals surface area contributed by atoms with Crippen LogP contribution in [0.25, 0.3) is 0 Å². The van der Waals surface area contributed by atoms with E-state index in [1.54, 1.807) is 24.3 Å². The van der Waals surface area contributed by atoms with Crippen molar-refractivity contribution in [2.45, 2.75) is 0 Å². The summed E-state index contributed by atoms with van der Waals surface area (Å²) in [6.45, 7) is 0. The van der Waals surface area contributed by atoms with Gasteiger partial charge in [-0.3, -0.25) is 0 Å². The van der Waals surface area contributed by atoms with E-state index in [0.717, 1.165) is 11.4 Å². The summed E-state index contributed by atoms with van der Waals surface area (Å²) in [6, 6.07) is 9.65. The molecule has 1 aromatic rings. The predicted molar refractivity (Wildman–Crippen MR) is 62.6 cm³/mol. The molecule has 2 rings (SSSR count). The largest absolute Gasteiger partial charge is 1.00 e. The monoisotopic (exact) mass is 220 g/mol. The van der Waals surface area contributed by atoms with Crippen LogP contribution in [0.2, 0.25) is 0 Å². The Kier molecular flexibility index (Phi) is 5.19. The summed E-state index contributed by atoms with van der Waals surface area (Å²) in [6.07, 6.45) is 6.83. The van der Waals surface area contributed by atoms with Gasteiger partial charge in [-0.2, -0.15) is 0 Å². The number of para-hydroxylation sites is 1. The third kappa shape index (κ3) is 3.45. The van der Waals surface area contributed by atoms with Crippen LogP contribution in [0.3, 0.4) is 0 Å². The second kappa shape index (κ2) is 6.43. The summed E-state index contributed by atoms with van der Waals surface area (Å²) in [7, 11) is 0. The van der Waals surface area contributed by atoms with Crippen LogP contribution >= 0.6 is 0 Å². The van der Waals surface area contributed by atoms with Crippen LogP contribution in [-0.2, 0) is 0 Å². The van der Waals surface area contributed by atoms with E-state index >= 15 is 0 Å². The molecule has 0 N–H and O–H groups in total. The molecule has 74 valence electrons. The molecule has 1 aliphatic rings. The van der Waals surface area contributed by atoms with Crippen LogP contribution in [0.5, 0.6) is 0 Å². The van der Waals surface area contributed by atoms with Crippen LogP contribution < -0.4 is 29.6 Å². The van der Waals surface area contributed by atoms with Gasteiger partial charge in [0, 0.05) is 0 Å². The summed E-state index contributed by atoms with van der Waals surface area (Å²) < 4.78 is 0. The average molecular weight is 220 g/mol. The van der Waals surface area contributed by atoms with Gasteiger partial charge >= 0.3 is 29.6 Å². The van der Waals surface area contributed by atoms with Gasteiger partial charge < -0.3 is 10.4 Å². The molecule has 4 heteroatoms. The smallest absolute Gasteiger partial charge is 0.792 e. The van der Waals surface area contributed by atoms with Gasteiger partial charge in [0.15, 0.2) is 0 Å². The van der Waals surface area contributed by atoms with Crippen LogP contribution in [-0.4, -0.2) is 11.4 Å². The Labute approximate surface area is 116 Å². The second-order valence-electron chi connectivity index (χ2n) is 3.06. The predicted octanol–water partition coefficient (Wildman–Crippen LogP) is -0.172. The van der Waals surface area contributed by atoms with Crippen molar-refractivity contribution < 1.29 is 29.6 Å². The molecule has 0 fully saturated rings. The minimum atomic E-state index is 0. The number of nitrogens with zero attached hydrogens (tertiary/aromatic N) is 2. The van der Waals surface area contributed by atoms with E-state index < -0.39 is 0 Å². The number of allylic oxidation sites excluding steroid dienone is 4. The van der Waals surface area contributed by atoms with Gasteiger partial charge in [-0.05, 0) is 36.4 Å². The standard InChI is InChI=1S/C12H10N2O.Na/c15-14-12-8-6-11(7-9-12)13-10-4-2-1-3-5-10;/h1-9,15H;/q;+1/p-1. The molecule has 1 aliphatic carbocycles. The van der Waals surface area contributed by atoms with Gasteiger partial charge in [0.25, 0.3) is 0 Å². The Hall–Kier alpha value is -1.16. The first-order valence-corrected chi connectivity index (χ1v) is 4.59. The van der Waals surface area contributed by atoms with E-state index in [4.69, 9.17) is 0 Å². The van der Waals surface area contributed by atoms with Crippen molar-refractivity contribution in [1.82, 2.24) is 0 Å². The van der Waals surface area contributed by atoms with Crippen LogP contribution in [0.4, 0.5) is 5.69 Å². The van der Waals surface area contributed by atoms with Crippen molar-refractivity contribution >= 4 is 17.1 Å². The average Bonchev–Trinajstić information content (AvgIpc) is 2.31. The molecule has 0 amide bonds. The van der Waals surface area contributed by atoms with Crippen LogP contribution in [0.15, 0.2) is 64.8 Å². The fraction of sp³-hybridized carbons (Fsp3) is 0.